The van der Waals surface area contributed by atoms with Gasteiger partial charge in [-0.05, 0) is 0 Å². The van der Waals surface area contributed by atoms with Gasteiger partial charge in [-0.15, -0.1) is 12.4 Å². The van der Waals surface area contributed by atoms with E-state index in [1.807, 2.05) is 91.0 Å². The minimum absolute atomic E-state index is 0. The molecule has 3 aromatic carbocycles. The van der Waals surface area contributed by atoms with E-state index in [2.05, 4.69) is 18.2 Å². The van der Waals surface area contributed by atoms with Crippen LogP contribution in [-0.2, 0) is 16.5 Å². The Morgan fingerprint density at radius 2 is 0.550 bits per heavy atom. The van der Waals surface area contributed by atoms with Crippen molar-refractivity contribution in [2.45, 2.75) is 0 Å². The molecule has 3 aromatic rings. The third kappa shape index (κ3) is 14.5. The molecule has 0 aliphatic carbocycles. The van der Waals surface area contributed by atoms with E-state index in [4.69, 9.17) is 0 Å². The molecule has 0 amide bonds. The van der Waals surface area contributed by atoms with Gasteiger partial charge in [0.05, 0.1) is 0 Å². The van der Waals surface area contributed by atoms with E-state index >= 15 is 0 Å². The monoisotopic (exact) mass is 325 g/mol. The first kappa shape index (κ1) is 20.8. The molecule has 3 rings (SSSR count). The summed E-state index contributed by atoms with van der Waals surface area (Å²) < 4.78 is 0. The summed E-state index contributed by atoms with van der Waals surface area (Å²) in [6.07, 6.45) is 0. The number of halogens is 1. The molecule has 0 unspecified atom stereocenters. The van der Waals surface area contributed by atoms with Crippen molar-refractivity contribution in [3.8, 4) is 0 Å². The van der Waals surface area contributed by atoms with E-state index in [0.29, 0.717) is 0 Å². The van der Waals surface area contributed by atoms with Crippen LogP contribution < -0.4 is 0 Å². The van der Waals surface area contributed by atoms with Crippen molar-refractivity contribution < 1.29 is 16.5 Å². The molecule has 20 heavy (non-hydrogen) atoms. The first-order chi connectivity index (χ1) is 9.00. The normalized spacial score (nSPS) is 7.20. The fraction of sp³-hybridized carbons (Fsp3) is 0. The maximum atomic E-state index is 2.89. The molecule has 0 aromatic heterocycles. The molecule has 0 saturated heterocycles. The number of rotatable bonds is 0. The topological polar surface area (TPSA) is 0 Å². The second-order valence-corrected chi connectivity index (χ2v) is 3.23. The summed E-state index contributed by atoms with van der Waals surface area (Å²) in [5.41, 5.74) is 0. The average molecular weight is 326 g/mol. The first-order valence-corrected chi connectivity index (χ1v) is 5.73. The van der Waals surface area contributed by atoms with Crippen LogP contribution in [0.5, 0.6) is 0 Å². The molecule has 0 N–H and O–H groups in total. The molecule has 0 saturated carbocycles. The van der Waals surface area contributed by atoms with Crippen LogP contribution in [0.2, 0.25) is 0 Å². The molecule has 2 heteroatoms. The summed E-state index contributed by atoms with van der Waals surface area (Å²) in [5.74, 6) is 0. The van der Waals surface area contributed by atoms with Crippen LogP contribution in [0.15, 0.2) is 91.0 Å². The van der Waals surface area contributed by atoms with Crippen LogP contribution in [-0.4, -0.2) is 0 Å². The summed E-state index contributed by atoms with van der Waals surface area (Å²) in [4.78, 5) is 0. The van der Waals surface area contributed by atoms with Gasteiger partial charge in [0.15, 0.2) is 0 Å². The number of benzene rings is 3. The molecular formula is C18H16ClNi. The van der Waals surface area contributed by atoms with Gasteiger partial charge in [0.2, 0.25) is 0 Å². The van der Waals surface area contributed by atoms with Crippen molar-refractivity contribution in [1.29, 1.82) is 0 Å². The molecule has 0 atom stereocenters. The fourth-order valence-corrected chi connectivity index (χ4v) is 1.03. The van der Waals surface area contributed by atoms with Crippen LogP contribution in [0.25, 0.3) is 0 Å². The van der Waals surface area contributed by atoms with E-state index in [0.717, 1.165) is 0 Å². The van der Waals surface area contributed by atoms with Gasteiger partial charge in [-0.3, -0.25) is 0 Å². The molecule has 1 radical (unpaired) electrons. The third-order valence-electron chi connectivity index (χ3n) is 1.82. The van der Waals surface area contributed by atoms with Gasteiger partial charge in [0, 0.05) is 0 Å². The maximum absolute atomic E-state index is 2.89. The van der Waals surface area contributed by atoms with E-state index in [9.17, 15) is 0 Å². The molecule has 105 valence electrons. The quantitative estimate of drug-likeness (QED) is 0.408. The molecule has 0 aliphatic rings. The van der Waals surface area contributed by atoms with Crippen LogP contribution in [0.1, 0.15) is 0 Å². The second kappa shape index (κ2) is 17.4. The Balaban J connectivity index is 0. The molecule has 0 spiro atoms. The van der Waals surface area contributed by atoms with E-state index in [1.165, 1.54) is 0 Å². The Bertz CT molecular complexity index is 302. The Hall–Kier alpha value is -1.56. The summed E-state index contributed by atoms with van der Waals surface area (Å²) in [7, 11) is 0. The Morgan fingerprint density at radius 1 is 0.350 bits per heavy atom. The minimum Gasteiger partial charge on any atom is -0.184 e. The molecule has 0 fully saturated rings. The first-order valence-electron chi connectivity index (χ1n) is 5.73. The average Bonchev–Trinajstić information content (AvgIpc) is 2.54. The Morgan fingerprint density at radius 3 is 0.600 bits per heavy atom. The summed E-state index contributed by atoms with van der Waals surface area (Å²) in [5, 5.41) is 0. The summed E-state index contributed by atoms with van der Waals surface area (Å²) in [6, 6.07) is 37.5. The van der Waals surface area contributed by atoms with Crippen LogP contribution in [0.4, 0.5) is 0 Å². The van der Waals surface area contributed by atoms with Gasteiger partial charge in [0.1, 0.15) is 0 Å². The van der Waals surface area contributed by atoms with Crippen LogP contribution >= 0.6 is 12.4 Å². The van der Waals surface area contributed by atoms with Crippen molar-refractivity contribution in [2.75, 3.05) is 0 Å². The van der Waals surface area contributed by atoms with Crippen LogP contribution in [0.3, 0.4) is 0 Å². The molecular weight excluding hydrogens is 310 g/mol. The fourth-order valence-electron chi connectivity index (χ4n) is 1.03. The standard InChI is InChI=1S/3C6H5.ClH.Ni/c3*1-2-4-6-5-3-1;;/h3*1-5H;1H;/q3*-1;;+3. The van der Waals surface area contributed by atoms with Gasteiger partial charge in [-0.25, -0.2) is 0 Å². The van der Waals surface area contributed by atoms with Gasteiger partial charge < -0.3 is 0 Å². The minimum atomic E-state index is 0. The van der Waals surface area contributed by atoms with Gasteiger partial charge >= 0.3 is 16.5 Å². The third-order valence-corrected chi connectivity index (χ3v) is 1.82. The van der Waals surface area contributed by atoms with Crippen molar-refractivity contribution in [1.82, 2.24) is 0 Å². The van der Waals surface area contributed by atoms with Crippen molar-refractivity contribution in [2.24, 2.45) is 0 Å². The van der Waals surface area contributed by atoms with Gasteiger partial charge in [-0.2, -0.15) is 109 Å². The zero-order valence-corrected chi connectivity index (χ0v) is 12.7. The molecule has 0 aliphatic heterocycles. The number of hydrogen-bond acceptors (Lipinski definition) is 0. The maximum Gasteiger partial charge on any atom is 3.00 e. The predicted molar refractivity (Wildman–Crippen MR) is 83.1 cm³/mol. The molecule has 0 nitrogen and oxygen atoms in total. The SMILES string of the molecule is Cl.[Ni+3].[c-]1ccccc1.[c-]1ccccc1.[c-]1ccccc1. The molecule has 0 heterocycles. The van der Waals surface area contributed by atoms with E-state index in [-0.39, 0.29) is 28.9 Å². The van der Waals surface area contributed by atoms with Crippen molar-refractivity contribution in [3.05, 3.63) is 109 Å². The van der Waals surface area contributed by atoms with Crippen molar-refractivity contribution in [3.63, 3.8) is 0 Å². The predicted octanol–water partition coefficient (Wildman–Crippen LogP) is 4.88. The van der Waals surface area contributed by atoms with E-state index in [1.54, 1.807) is 0 Å². The van der Waals surface area contributed by atoms with E-state index < -0.39 is 0 Å². The second-order valence-electron chi connectivity index (χ2n) is 3.23. The smallest absolute Gasteiger partial charge is 0.184 e. The molecule has 0 bridgehead atoms. The van der Waals surface area contributed by atoms with Crippen molar-refractivity contribution >= 4 is 12.4 Å². The van der Waals surface area contributed by atoms with Gasteiger partial charge in [0.25, 0.3) is 0 Å². The van der Waals surface area contributed by atoms with Crippen LogP contribution in [0, 0.1) is 18.2 Å². The van der Waals surface area contributed by atoms with Gasteiger partial charge in [-0.1, -0.05) is 0 Å². The summed E-state index contributed by atoms with van der Waals surface area (Å²) in [6.45, 7) is 0. The zero-order valence-electron chi connectivity index (χ0n) is 10.9. The Kier molecular flexibility index (Phi) is 18.1. The zero-order chi connectivity index (χ0) is 12.7. The Labute approximate surface area is 138 Å². The number of hydrogen-bond donors (Lipinski definition) is 0. The summed E-state index contributed by atoms with van der Waals surface area (Å²) >= 11 is 0. The largest absolute Gasteiger partial charge is 3.00 e.